The number of nitrogens with one attached hydrogen (secondary N) is 1. The average Bonchev–Trinajstić information content (AvgIpc) is 2.17. The second kappa shape index (κ2) is 3.73. The second-order valence-electron chi connectivity index (χ2n) is 3.64. The lowest BCUT2D eigenvalue weighted by molar-refractivity contribution is -0.0593. The number of methoxy groups -OCH3 is 1. The van der Waals surface area contributed by atoms with E-state index < -0.39 is 0 Å². The lowest BCUT2D eigenvalue weighted by Gasteiger charge is -2.39. The summed E-state index contributed by atoms with van der Waals surface area (Å²) in [5.41, 5.74) is 0. The smallest absolute Gasteiger partial charge is 0.0730 e. The largest absolute Gasteiger partial charge is 0.381 e. The van der Waals surface area contributed by atoms with Gasteiger partial charge >= 0.3 is 0 Å². The van der Waals surface area contributed by atoms with Gasteiger partial charge in [0, 0.05) is 19.7 Å². The highest BCUT2D eigenvalue weighted by molar-refractivity contribution is 4.88. The van der Waals surface area contributed by atoms with Crippen LogP contribution in [-0.2, 0) is 9.47 Å². The van der Waals surface area contributed by atoms with E-state index in [1.807, 2.05) is 0 Å². The number of hydrogen-bond donors (Lipinski definition) is 1. The molecule has 0 spiro atoms. The van der Waals surface area contributed by atoms with E-state index in [-0.39, 0.29) is 0 Å². The van der Waals surface area contributed by atoms with E-state index in [9.17, 15) is 0 Å². The summed E-state index contributed by atoms with van der Waals surface area (Å²) in [4.78, 5) is 0. The van der Waals surface area contributed by atoms with Gasteiger partial charge in [-0.2, -0.15) is 0 Å². The molecule has 3 heteroatoms. The molecule has 3 nitrogen and oxygen atoms in total. The minimum Gasteiger partial charge on any atom is -0.381 e. The van der Waals surface area contributed by atoms with Gasteiger partial charge in [-0.1, -0.05) is 0 Å². The Morgan fingerprint density at radius 3 is 3.17 bits per heavy atom. The Balaban J connectivity index is 1.90. The second-order valence-corrected chi connectivity index (χ2v) is 3.64. The highest BCUT2D eigenvalue weighted by Crippen LogP contribution is 2.25. The van der Waals surface area contributed by atoms with E-state index >= 15 is 0 Å². The van der Waals surface area contributed by atoms with Crippen LogP contribution in [0, 0.1) is 0 Å². The van der Waals surface area contributed by atoms with Crippen molar-refractivity contribution in [2.24, 2.45) is 0 Å². The summed E-state index contributed by atoms with van der Waals surface area (Å²) in [6.07, 6.45) is 4.31. The molecule has 1 saturated carbocycles. The maximum atomic E-state index is 5.66. The highest BCUT2D eigenvalue weighted by atomic mass is 16.5. The molecule has 1 N–H and O–H groups in total. The first-order chi connectivity index (χ1) is 5.90. The van der Waals surface area contributed by atoms with E-state index in [0.717, 1.165) is 32.4 Å². The van der Waals surface area contributed by atoms with Gasteiger partial charge in [0.2, 0.25) is 0 Å². The quantitative estimate of drug-likeness (QED) is 0.624. The first-order valence-corrected chi connectivity index (χ1v) is 4.78. The van der Waals surface area contributed by atoms with E-state index in [0.29, 0.717) is 18.2 Å². The van der Waals surface area contributed by atoms with Gasteiger partial charge in [-0.3, -0.25) is 0 Å². The van der Waals surface area contributed by atoms with Gasteiger partial charge < -0.3 is 14.8 Å². The third-order valence-corrected chi connectivity index (χ3v) is 2.91. The molecule has 1 aliphatic heterocycles. The monoisotopic (exact) mass is 171 g/mol. The van der Waals surface area contributed by atoms with E-state index in [1.165, 1.54) is 0 Å². The molecule has 0 bridgehead atoms. The Morgan fingerprint density at radius 1 is 1.42 bits per heavy atom. The van der Waals surface area contributed by atoms with Crippen LogP contribution >= 0.6 is 0 Å². The van der Waals surface area contributed by atoms with Gasteiger partial charge in [0.05, 0.1) is 18.8 Å². The predicted molar refractivity (Wildman–Crippen MR) is 46.2 cm³/mol. The Hall–Kier alpha value is -0.120. The maximum absolute atomic E-state index is 5.66. The summed E-state index contributed by atoms with van der Waals surface area (Å²) in [5, 5.41) is 3.48. The van der Waals surface area contributed by atoms with Crippen molar-refractivity contribution in [3.8, 4) is 0 Å². The number of hydrogen-bond acceptors (Lipinski definition) is 3. The van der Waals surface area contributed by atoms with Crippen LogP contribution in [-0.4, -0.2) is 38.5 Å². The van der Waals surface area contributed by atoms with Gasteiger partial charge in [-0.05, 0) is 19.3 Å². The minimum absolute atomic E-state index is 0.445. The maximum Gasteiger partial charge on any atom is 0.0730 e. The third-order valence-electron chi connectivity index (χ3n) is 2.91. The lowest BCUT2D eigenvalue weighted by Crippen LogP contribution is -2.52. The topological polar surface area (TPSA) is 30.5 Å². The van der Waals surface area contributed by atoms with Gasteiger partial charge in [-0.15, -0.1) is 0 Å². The first kappa shape index (κ1) is 8.48. The van der Waals surface area contributed by atoms with Gasteiger partial charge in [0.15, 0.2) is 0 Å². The molecule has 1 heterocycles. The molecule has 70 valence electrons. The van der Waals surface area contributed by atoms with Crippen molar-refractivity contribution < 1.29 is 9.47 Å². The zero-order valence-corrected chi connectivity index (χ0v) is 7.58. The van der Waals surface area contributed by atoms with Gasteiger partial charge in [0.25, 0.3) is 0 Å². The molecule has 2 rings (SSSR count). The fourth-order valence-corrected chi connectivity index (χ4v) is 2.19. The molecule has 3 atom stereocenters. The molecule has 0 unspecified atom stereocenters. The molecule has 0 aromatic rings. The minimum atomic E-state index is 0.445. The Kier molecular flexibility index (Phi) is 2.63. The summed E-state index contributed by atoms with van der Waals surface area (Å²) in [7, 11) is 1.80. The molecule has 12 heavy (non-hydrogen) atoms. The molecular formula is C9H17NO2. The number of morpholine rings is 1. The zero-order valence-electron chi connectivity index (χ0n) is 7.58. The SMILES string of the molecule is CO[C@@H]1CC[C@H]2OCCN[C@@H]2C1. The highest BCUT2D eigenvalue weighted by Gasteiger charge is 2.32. The van der Waals surface area contributed by atoms with Gasteiger partial charge in [-0.25, -0.2) is 0 Å². The molecule has 2 fully saturated rings. The molecule has 0 aromatic carbocycles. The molecule has 1 aliphatic carbocycles. The van der Waals surface area contributed by atoms with Crippen molar-refractivity contribution in [3.63, 3.8) is 0 Å². The van der Waals surface area contributed by atoms with Crippen molar-refractivity contribution in [2.45, 2.75) is 37.5 Å². The summed E-state index contributed by atoms with van der Waals surface area (Å²) in [5.74, 6) is 0. The van der Waals surface area contributed by atoms with Crippen LogP contribution in [0.1, 0.15) is 19.3 Å². The Labute approximate surface area is 73.4 Å². The van der Waals surface area contributed by atoms with E-state index in [2.05, 4.69) is 5.32 Å². The van der Waals surface area contributed by atoms with Crippen LogP contribution in [0.4, 0.5) is 0 Å². The van der Waals surface area contributed by atoms with Crippen LogP contribution in [0.3, 0.4) is 0 Å². The van der Waals surface area contributed by atoms with Crippen LogP contribution < -0.4 is 5.32 Å². The fraction of sp³-hybridized carbons (Fsp3) is 1.00. The van der Waals surface area contributed by atoms with Crippen molar-refractivity contribution in [3.05, 3.63) is 0 Å². The van der Waals surface area contributed by atoms with Crippen LogP contribution in [0.5, 0.6) is 0 Å². The van der Waals surface area contributed by atoms with Crippen LogP contribution in [0.25, 0.3) is 0 Å². The standard InChI is InChI=1S/C9H17NO2/c1-11-7-2-3-9-8(6-7)10-4-5-12-9/h7-10H,2-6H2,1H3/t7-,8-,9-/m1/s1. The summed E-state index contributed by atoms with van der Waals surface area (Å²) in [6, 6.07) is 0.539. The molecule has 1 saturated heterocycles. The van der Waals surface area contributed by atoms with Crippen molar-refractivity contribution in [1.29, 1.82) is 0 Å². The van der Waals surface area contributed by atoms with E-state index in [1.54, 1.807) is 7.11 Å². The number of fused-ring (bicyclic) bond motifs is 1. The molecule has 0 amide bonds. The lowest BCUT2D eigenvalue weighted by atomic mass is 9.89. The molecule has 0 aromatic heterocycles. The fourth-order valence-electron chi connectivity index (χ4n) is 2.19. The third kappa shape index (κ3) is 1.63. The number of rotatable bonds is 1. The molecule has 2 aliphatic rings. The first-order valence-electron chi connectivity index (χ1n) is 4.78. The van der Waals surface area contributed by atoms with Crippen LogP contribution in [0.2, 0.25) is 0 Å². The zero-order chi connectivity index (χ0) is 8.39. The number of ether oxygens (including phenoxy) is 2. The van der Waals surface area contributed by atoms with Gasteiger partial charge in [0.1, 0.15) is 0 Å². The Bertz CT molecular complexity index is 151. The molecule has 0 radical (unpaired) electrons. The summed E-state index contributed by atoms with van der Waals surface area (Å²) >= 11 is 0. The van der Waals surface area contributed by atoms with Crippen LogP contribution in [0.15, 0.2) is 0 Å². The summed E-state index contributed by atoms with van der Waals surface area (Å²) < 4.78 is 11.0. The predicted octanol–water partition coefficient (Wildman–Crippen LogP) is 0.542. The van der Waals surface area contributed by atoms with Crippen molar-refractivity contribution in [1.82, 2.24) is 5.32 Å². The summed E-state index contributed by atoms with van der Waals surface area (Å²) in [6.45, 7) is 1.87. The Morgan fingerprint density at radius 2 is 2.33 bits per heavy atom. The molecular weight excluding hydrogens is 154 g/mol. The normalized spacial score (nSPS) is 42.2. The van der Waals surface area contributed by atoms with Crippen molar-refractivity contribution in [2.75, 3.05) is 20.3 Å². The average molecular weight is 171 g/mol. The van der Waals surface area contributed by atoms with Crippen molar-refractivity contribution >= 4 is 0 Å². The van der Waals surface area contributed by atoms with E-state index in [4.69, 9.17) is 9.47 Å².